The van der Waals surface area contributed by atoms with Crippen LogP contribution in [0.2, 0.25) is 0 Å². The summed E-state index contributed by atoms with van der Waals surface area (Å²) in [5, 5.41) is 10.2. The summed E-state index contributed by atoms with van der Waals surface area (Å²) in [6, 6.07) is 7.88. The Labute approximate surface area is 183 Å². The number of aromatic nitrogens is 2. The van der Waals surface area contributed by atoms with Crippen molar-refractivity contribution in [1.82, 2.24) is 14.9 Å². The van der Waals surface area contributed by atoms with Crippen molar-refractivity contribution in [2.45, 2.75) is 32.2 Å². The van der Waals surface area contributed by atoms with Crippen molar-refractivity contribution in [1.29, 1.82) is 0 Å². The Morgan fingerprint density at radius 3 is 2.55 bits per heavy atom. The Morgan fingerprint density at radius 2 is 1.84 bits per heavy atom. The van der Waals surface area contributed by atoms with Gasteiger partial charge in [-0.15, -0.1) is 0 Å². The number of nitrogens with zero attached hydrogens (tertiary/aromatic N) is 4. The standard InChI is InChI=1S/C23H32N4O4/c1-3-31-21-14-17(4-5-20(21)29-2)16-26-8-6-18(7-9-26)19-15-22(28)25-23(24-19)27-10-12-30-13-11-27/h4-5,14-15,18H,3,6-13,16H2,1-2H3,(H,24,25,28). The molecule has 4 rings (SSSR count). The normalized spacial score (nSPS) is 18.2. The Kier molecular flexibility index (Phi) is 7.09. The van der Waals surface area contributed by atoms with Gasteiger partial charge in [0.25, 0.3) is 0 Å². The zero-order valence-corrected chi connectivity index (χ0v) is 18.4. The second-order valence-corrected chi connectivity index (χ2v) is 8.02. The fourth-order valence-electron chi connectivity index (χ4n) is 4.29. The lowest BCUT2D eigenvalue weighted by Gasteiger charge is -2.32. The van der Waals surface area contributed by atoms with Crippen molar-refractivity contribution in [2.24, 2.45) is 0 Å². The third-order valence-electron chi connectivity index (χ3n) is 5.95. The summed E-state index contributed by atoms with van der Waals surface area (Å²) in [6.07, 6.45) is 2.01. The Hall–Kier alpha value is -2.58. The van der Waals surface area contributed by atoms with Crippen LogP contribution < -0.4 is 14.4 Å². The van der Waals surface area contributed by atoms with Crippen molar-refractivity contribution in [2.75, 3.05) is 58.0 Å². The number of benzene rings is 1. The van der Waals surface area contributed by atoms with Crippen LogP contribution in [-0.2, 0) is 11.3 Å². The highest BCUT2D eigenvalue weighted by Gasteiger charge is 2.24. The highest BCUT2D eigenvalue weighted by atomic mass is 16.5. The second kappa shape index (κ2) is 10.2. The van der Waals surface area contributed by atoms with Crippen LogP contribution in [0.1, 0.15) is 36.9 Å². The Bertz CT molecular complexity index is 865. The number of morpholine rings is 1. The number of aromatic hydroxyl groups is 1. The summed E-state index contributed by atoms with van der Waals surface area (Å²) in [6.45, 7) is 8.29. The molecule has 2 fully saturated rings. The average Bonchev–Trinajstić information content (AvgIpc) is 2.80. The number of piperidine rings is 1. The summed E-state index contributed by atoms with van der Waals surface area (Å²) in [4.78, 5) is 13.6. The summed E-state index contributed by atoms with van der Waals surface area (Å²) in [5.74, 6) is 2.56. The first-order valence-corrected chi connectivity index (χ1v) is 11.1. The fourth-order valence-corrected chi connectivity index (χ4v) is 4.29. The molecule has 3 heterocycles. The van der Waals surface area contributed by atoms with Crippen molar-refractivity contribution < 1.29 is 19.3 Å². The molecule has 31 heavy (non-hydrogen) atoms. The van der Waals surface area contributed by atoms with Gasteiger partial charge in [0, 0.05) is 31.6 Å². The number of hydrogen-bond acceptors (Lipinski definition) is 8. The molecule has 8 heteroatoms. The van der Waals surface area contributed by atoms with E-state index in [1.54, 1.807) is 13.2 Å². The van der Waals surface area contributed by atoms with Gasteiger partial charge in [-0.05, 0) is 50.6 Å². The van der Waals surface area contributed by atoms with Crippen LogP contribution in [0, 0.1) is 0 Å². The van der Waals surface area contributed by atoms with Crippen LogP contribution in [0.15, 0.2) is 24.3 Å². The van der Waals surface area contributed by atoms with Crippen molar-refractivity contribution in [3.05, 3.63) is 35.5 Å². The SMILES string of the molecule is CCOc1cc(CN2CCC(c3cc(O)nc(N4CCOCC4)n3)CC2)ccc1OC. The number of hydrogen-bond donors (Lipinski definition) is 1. The minimum atomic E-state index is 0.0515. The predicted molar refractivity (Wildman–Crippen MR) is 118 cm³/mol. The van der Waals surface area contributed by atoms with E-state index in [1.807, 2.05) is 13.0 Å². The molecule has 2 aliphatic heterocycles. The van der Waals surface area contributed by atoms with Crippen LogP contribution in [0.4, 0.5) is 5.95 Å². The summed E-state index contributed by atoms with van der Waals surface area (Å²) in [7, 11) is 1.66. The Morgan fingerprint density at radius 1 is 1.06 bits per heavy atom. The molecule has 1 N–H and O–H groups in total. The zero-order chi connectivity index (χ0) is 21.6. The van der Waals surface area contributed by atoms with Crippen LogP contribution in [-0.4, -0.2) is 73.1 Å². The third-order valence-corrected chi connectivity index (χ3v) is 5.95. The number of methoxy groups -OCH3 is 1. The first-order valence-electron chi connectivity index (χ1n) is 11.1. The van der Waals surface area contributed by atoms with Gasteiger partial charge in [-0.3, -0.25) is 4.90 Å². The lowest BCUT2D eigenvalue weighted by Crippen LogP contribution is -2.37. The zero-order valence-electron chi connectivity index (χ0n) is 18.4. The van der Waals surface area contributed by atoms with Gasteiger partial charge in [-0.2, -0.15) is 4.98 Å². The lowest BCUT2D eigenvalue weighted by atomic mass is 9.93. The minimum Gasteiger partial charge on any atom is -0.493 e. The van der Waals surface area contributed by atoms with Gasteiger partial charge in [0.05, 0.1) is 32.6 Å². The Balaban J connectivity index is 1.38. The number of rotatable bonds is 7. The van der Waals surface area contributed by atoms with Gasteiger partial charge in [0.2, 0.25) is 11.8 Å². The van der Waals surface area contributed by atoms with E-state index in [1.165, 1.54) is 5.56 Å². The van der Waals surface area contributed by atoms with Gasteiger partial charge in [-0.25, -0.2) is 4.98 Å². The van der Waals surface area contributed by atoms with Crippen molar-refractivity contribution in [3.63, 3.8) is 0 Å². The molecule has 0 bridgehead atoms. The molecule has 0 unspecified atom stereocenters. The number of likely N-dealkylation sites (tertiary alicyclic amines) is 1. The monoisotopic (exact) mass is 428 g/mol. The maximum atomic E-state index is 10.2. The fraction of sp³-hybridized carbons (Fsp3) is 0.565. The maximum absolute atomic E-state index is 10.2. The molecule has 2 aromatic rings. The molecule has 0 saturated carbocycles. The van der Waals surface area contributed by atoms with Crippen molar-refractivity contribution >= 4 is 5.95 Å². The summed E-state index contributed by atoms with van der Waals surface area (Å²) >= 11 is 0. The molecule has 0 amide bonds. The summed E-state index contributed by atoms with van der Waals surface area (Å²) in [5.41, 5.74) is 2.16. The smallest absolute Gasteiger partial charge is 0.229 e. The topological polar surface area (TPSA) is 80.2 Å². The predicted octanol–water partition coefficient (Wildman–Crippen LogP) is 2.81. The molecule has 0 atom stereocenters. The van der Waals surface area contributed by atoms with E-state index in [4.69, 9.17) is 19.2 Å². The average molecular weight is 429 g/mol. The molecule has 0 aliphatic carbocycles. The van der Waals surface area contributed by atoms with Gasteiger partial charge in [0.15, 0.2) is 11.5 Å². The number of ether oxygens (including phenoxy) is 3. The largest absolute Gasteiger partial charge is 0.493 e. The van der Waals surface area contributed by atoms with E-state index in [2.05, 4.69) is 26.9 Å². The van der Waals surface area contributed by atoms with Gasteiger partial charge in [0.1, 0.15) is 0 Å². The molecule has 2 saturated heterocycles. The van der Waals surface area contributed by atoms with Crippen molar-refractivity contribution in [3.8, 4) is 17.4 Å². The first kappa shape index (κ1) is 21.6. The van der Waals surface area contributed by atoms with Crippen LogP contribution in [0.3, 0.4) is 0 Å². The van der Waals surface area contributed by atoms with Crippen LogP contribution in [0.5, 0.6) is 17.4 Å². The number of anilines is 1. The summed E-state index contributed by atoms with van der Waals surface area (Å²) < 4.78 is 16.5. The van der Waals surface area contributed by atoms with Gasteiger partial charge < -0.3 is 24.2 Å². The molecule has 1 aromatic carbocycles. The van der Waals surface area contributed by atoms with E-state index in [-0.39, 0.29) is 5.88 Å². The maximum Gasteiger partial charge on any atom is 0.229 e. The molecule has 2 aliphatic rings. The molecule has 0 spiro atoms. The van der Waals surface area contributed by atoms with E-state index in [9.17, 15) is 5.11 Å². The van der Waals surface area contributed by atoms with E-state index < -0.39 is 0 Å². The lowest BCUT2D eigenvalue weighted by molar-refractivity contribution is 0.122. The highest BCUT2D eigenvalue weighted by Crippen LogP contribution is 2.32. The van der Waals surface area contributed by atoms with Crippen LogP contribution >= 0.6 is 0 Å². The second-order valence-electron chi connectivity index (χ2n) is 8.02. The third kappa shape index (κ3) is 5.37. The van der Waals surface area contributed by atoms with Crippen LogP contribution in [0.25, 0.3) is 0 Å². The highest BCUT2D eigenvalue weighted by molar-refractivity contribution is 5.43. The quantitative estimate of drug-likeness (QED) is 0.721. The van der Waals surface area contributed by atoms with E-state index >= 15 is 0 Å². The molecule has 168 valence electrons. The molecular formula is C23H32N4O4. The minimum absolute atomic E-state index is 0.0515. The van der Waals surface area contributed by atoms with Gasteiger partial charge in [-0.1, -0.05) is 6.07 Å². The van der Waals surface area contributed by atoms with E-state index in [0.717, 1.165) is 62.8 Å². The molecule has 8 nitrogen and oxygen atoms in total. The van der Waals surface area contributed by atoms with Gasteiger partial charge >= 0.3 is 0 Å². The molecule has 0 radical (unpaired) electrons. The molecule has 1 aromatic heterocycles. The molecular weight excluding hydrogens is 396 g/mol. The van der Waals surface area contributed by atoms with E-state index in [0.29, 0.717) is 31.7 Å². The first-order chi connectivity index (χ1) is 15.2.